The second-order valence-corrected chi connectivity index (χ2v) is 7.00. The van der Waals surface area contributed by atoms with Crippen LogP contribution in [0.1, 0.15) is 46.0 Å². The van der Waals surface area contributed by atoms with Crippen LogP contribution in [0.5, 0.6) is 0 Å². The summed E-state index contributed by atoms with van der Waals surface area (Å²) in [5.74, 6) is 1.08. The van der Waals surface area contributed by atoms with Crippen LogP contribution in [0.25, 0.3) is 0 Å². The molecule has 1 saturated heterocycles. The van der Waals surface area contributed by atoms with Gasteiger partial charge in [-0.15, -0.1) is 0 Å². The summed E-state index contributed by atoms with van der Waals surface area (Å²) in [5, 5.41) is 3.46. The van der Waals surface area contributed by atoms with Crippen molar-refractivity contribution >= 4 is 5.96 Å². The zero-order chi connectivity index (χ0) is 17.9. The zero-order valence-corrected chi connectivity index (χ0v) is 16.5. The van der Waals surface area contributed by atoms with Crippen LogP contribution in [0.4, 0.5) is 0 Å². The standard InChI is InChI=1S/C19H38N4O2/c1-4-20-19(21-11-14-22(5-2)17-7-8-17)23-12-9-18(10-13-23)25-16-6-15-24-3/h17-18H,4-16H2,1-3H3,(H,20,21). The highest BCUT2D eigenvalue weighted by molar-refractivity contribution is 5.80. The highest BCUT2D eigenvalue weighted by Crippen LogP contribution is 2.26. The topological polar surface area (TPSA) is 49.3 Å². The van der Waals surface area contributed by atoms with Crippen LogP contribution >= 0.6 is 0 Å². The van der Waals surface area contributed by atoms with Crippen molar-refractivity contribution in [2.24, 2.45) is 4.99 Å². The van der Waals surface area contributed by atoms with Gasteiger partial charge >= 0.3 is 0 Å². The molecule has 1 N–H and O–H groups in total. The number of hydrogen-bond acceptors (Lipinski definition) is 4. The van der Waals surface area contributed by atoms with Crippen LogP contribution in [0, 0.1) is 0 Å². The second-order valence-electron chi connectivity index (χ2n) is 7.00. The molecule has 1 heterocycles. The molecule has 146 valence electrons. The summed E-state index contributed by atoms with van der Waals surface area (Å²) in [4.78, 5) is 9.84. The van der Waals surface area contributed by atoms with Gasteiger partial charge in [-0.05, 0) is 45.6 Å². The molecule has 1 aliphatic carbocycles. The molecule has 0 spiro atoms. The van der Waals surface area contributed by atoms with Gasteiger partial charge in [0.05, 0.1) is 12.6 Å². The molecule has 0 atom stereocenters. The number of ether oxygens (including phenoxy) is 2. The van der Waals surface area contributed by atoms with Gasteiger partial charge in [0.25, 0.3) is 0 Å². The van der Waals surface area contributed by atoms with E-state index in [0.717, 1.165) is 83.7 Å². The van der Waals surface area contributed by atoms with E-state index in [4.69, 9.17) is 14.5 Å². The van der Waals surface area contributed by atoms with E-state index in [1.807, 2.05) is 0 Å². The molecular weight excluding hydrogens is 316 g/mol. The van der Waals surface area contributed by atoms with Gasteiger partial charge < -0.3 is 19.7 Å². The third-order valence-electron chi connectivity index (χ3n) is 5.04. The van der Waals surface area contributed by atoms with Crippen LogP contribution < -0.4 is 5.32 Å². The van der Waals surface area contributed by atoms with Crippen molar-refractivity contribution in [3.63, 3.8) is 0 Å². The smallest absolute Gasteiger partial charge is 0.193 e. The molecule has 1 aliphatic heterocycles. The first-order valence-electron chi connectivity index (χ1n) is 10.2. The van der Waals surface area contributed by atoms with Crippen molar-refractivity contribution in [2.45, 2.75) is 58.1 Å². The molecule has 0 aromatic carbocycles. The van der Waals surface area contributed by atoms with Gasteiger partial charge in [0.15, 0.2) is 5.96 Å². The Hall–Kier alpha value is -0.850. The minimum absolute atomic E-state index is 0.390. The molecule has 6 heteroatoms. The fourth-order valence-electron chi connectivity index (χ4n) is 3.44. The Kier molecular flexibility index (Phi) is 9.58. The molecule has 1 saturated carbocycles. The van der Waals surface area contributed by atoms with Crippen LogP contribution in [-0.2, 0) is 9.47 Å². The van der Waals surface area contributed by atoms with E-state index in [1.54, 1.807) is 7.11 Å². The van der Waals surface area contributed by atoms with E-state index in [-0.39, 0.29) is 0 Å². The van der Waals surface area contributed by atoms with E-state index in [9.17, 15) is 0 Å². The lowest BCUT2D eigenvalue weighted by Gasteiger charge is -2.34. The third-order valence-corrected chi connectivity index (χ3v) is 5.04. The maximum atomic E-state index is 5.96. The first-order valence-corrected chi connectivity index (χ1v) is 10.2. The molecule has 6 nitrogen and oxygen atoms in total. The molecule has 0 aromatic heterocycles. The minimum Gasteiger partial charge on any atom is -0.385 e. The van der Waals surface area contributed by atoms with Gasteiger partial charge in [0.1, 0.15) is 0 Å². The Bertz CT molecular complexity index is 380. The van der Waals surface area contributed by atoms with Crippen molar-refractivity contribution in [2.75, 3.05) is 59.6 Å². The summed E-state index contributed by atoms with van der Waals surface area (Å²) in [6.07, 6.45) is 6.28. The van der Waals surface area contributed by atoms with E-state index in [0.29, 0.717) is 6.10 Å². The minimum atomic E-state index is 0.390. The van der Waals surface area contributed by atoms with Crippen LogP contribution in [0.2, 0.25) is 0 Å². The number of rotatable bonds is 11. The molecule has 0 amide bonds. The molecule has 2 aliphatic rings. The third kappa shape index (κ3) is 7.50. The first-order chi connectivity index (χ1) is 12.3. The molecule has 2 fully saturated rings. The SMILES string of the molecule is CCNC(=NCCN(CC)C1CC1)N1CCC(OCCCOC)CC1. The second kappa shape index (κ2) is 11.7. The summed E-state index contributed by atoms with van der Waals surface area (Å²) in [6, 6.07) is 0.828. The van der Waals surface area contributed by atoms with Crippen molar-refractivity contribution < 1.29 is 9.47 Å². The molecular formula is C19H38N4O2. The fourth-order valence-corrected chi connectivity index (χ4v) is 3.44. The lowest BCUT2D eigenvalue weighted by molar-refractivity contribution is 0.00990. The molecule has 25 heavy (non-hydrogen) atoms. The summed E-state index contributed by atoms with van der Waals surface area (Å²) in [5.41, 5.74) is 0. The number of guanidine groups is 1. The van der Waals surface area contributed by atoms with Crippen molar-refractivity contribution in [1.82, 2.24) is 15.1 Å². The first kappa shape index (κ1) is 20.5. The monoisotopic (exact) mass is 354 g/mol. The summed E-state index contributed by atoms with van der Waals surface area (Å²) in [6.45, 7) is 12.1. The van der Waals surface area contributed by atoms with Crippen LogP contribution in [0.3, 0.4) is 0 Å². The predicted molar refractivity (Wildman–Crippen MR) is 103 cm³/mol. The van der Waals surface area contributed by atoms with Crippen LogP contribution in [-0.4, -0.2) is 87.5 Å². The number of likely N-dealkylation sites (tertiary alicyclic amines) is 1. The zero-order valence-electron chi connectivity index (χ0n) is 16.5. The quantitative estimate of drug-likeness (QED) is 0.349. The van der Waals surface area contributed by atoms with Crippen LogP contribution in [0.15, 0.2) is 4.99 Å². The lowest BCUT2D eigenvalue weighted by Crippen LogP contribution is -2.47. The molecule has 0 aromatic rings. The van der Waals surface area contributed by atoms with Gasteiger partial charge in [-0.3, -0.25) is 9.89 Å². The number of nitrogens with zero attached hydrogens (tertiary/aromatic N) is 3. The van der Waals surface area contributed by atoms with Gasteiger partial charge in [-0.2, -0.15) is 0 Å². The number of hydrogen-bond donors (Lipinski definition) is 1. The van der Waals surface area contributed by atoms with Gasteiger partial charge in [-0.25, -0.2) is 0 Å². The van der Waals surface area contributed by atoms with Gasteiger partial charge in [0, 0.05) is 52.5 Å². The highest BCUT2D eigenvalue weighted by Gasteiger charge is 2.27. The Labute approximate surface area is 153 Å². The van der Waals surface area contributed by atoms with Gasteiger partial charge in [-0.1, -0.05) is 6.92 Å². The highest BCUT2D eigenvalue weighted by atomic mass is 16.5. The number of piperidine rings is 1. The molecule has 0 unspecified atom stereocenters. The van der Waals surface area contributed by atoms with E-state index in [2.05, 4.69) is 29.0 Å². The number of methoxy groups -OCH3 is 1. The normalized spacial score (nSPS) is 19.7. The largest absolute Gasteiger partial charge is 0.385 e. The van der Waals surface area contributed by atoms with Crippen molar-refractivity contribution in [3.8, 4) is 0 Å². The fraction of sp³-hybridized carbons (Fsp3) is 0.947. The number of nitrogens with one attached hydrogen (secondary N) is 1. The van der Waals surface area contributed by atoms with E-state index < -0.39 is 0 Å². The summed E-state index contributed by atoms with van der Waals surface area (Å²) >= 11 is 0. The van der Waals surface area contributed by atoms with Gasteiger partial charge in [0.2, 0.25) is 0 Å². The Morgan fingerprint density at radius 2 is 1.92 bits per heavy atom. The average molecular weight is 355 g/mol. The van der Waals surface area contributed by atoms with E-state index >= 15 is 0 Å². The Morgan fingerprint density at radius 1 is 1.16 bits per heavy atom. The van der Waals surface area contributed by atoms with E-state index in [1.165, 1.54) is 12.8 Å². The maximum Gasteiger partial charge on any atom is 0.193 e. The van der Waals surface area contributed by atoms with Crippen molar-refractivity contribution in [3.05, 3.63) is 0 Å². The Balaban J connectivity index is 1.71. The number of likely N-dealkylation sites (N-methyl/N-ethyl adjacent to an activating group) is 1. The molecule has 2 rings (SSSR count). The molecule has 0 bridgehead atoms. The Morgan fingerprint density at radius 3 is 2.52 bits per heavy atom. The lowest BCUT2D eigenvalue weighted by atomic mass is 10.1. The summed E-state index contributed by atoms with van der Waals surface area (Å²) < 4.78 is 11.0. The molecule has 0 radical (unpaired) electrons. The average Bonchev–Trinajstić information content (AvgIpc) is 3.47. The maximum absolute atomic E-state index is 5.96. The van der Waals surface area contributed by atoms with Crippen molar-refractivity contribution in [1.29, 1.82) is 0 Å². The number of aliphatic imine (C=N–C) groups is 1. The predicted octanol–water partition coefficient (Wildman–Crippen LogP) is 1.95. The summed E-state index contributed by atoms with van der Waals surface area (Å²) in [7, 11) is 1.74.